The summed E-state index contributed by atoms with van der Waals surface area (Å²) in [5.41, 5.74) is 0. The molecule has 2 rings (SSSR count). The van der Waals surface area contributed by atoms with E-state index in [1.807, 2.05) is 0 Å². The Hall–Kier alpha value is -0.720. The Balaban J connectivity index is 2.51. The predicted octanol–water partition coefficient (Wildman–Crippen LogP) is 1.23. The van der Waals surface area contributed by atoms with E-state index in [9.17, 15) is 0 Å². The van der Waals surface area contributed by atoms with Crippen molar-refractivity contribution in [2.45, 2.75) is 6.92 Å². The molecule has 0 aromatic rings. The summed E-state index contributed by atoms with van der Waals surface area (Å²) in [6, 6.07) is 0. The van der Waals surface area contributed by atoms with E-state index in [2.05, 4.69) is 14.6 Å². The number of rotatable bonds is 0. The fourth-order valence-corrected chi connectivity index (χ4v) is 2.47. The van der Waals surface area contributed by atoms with Crippen molar-refractivity contribution in [1.29, 1.82) is 0 Å². The Morgan fingerprint density at radius 1 is 1.67 bits per heavy atom. The molecule has 0 saturated heterocycles. The molecule has 0 aromatic carbocycles. The molecule has 1 atom stereocenters. The molecule has 12 heavy (non-hydrogen) atoms. The van der Waals surface area contributed by atoms with Crippen LogP contribution in [-0.2, 0) is 10.7 Å². The number of fused-ring (bicyclic) bond motifs is 1. The second kappa shape index (κ2) is 2.65. The van der Waals surface area contributed by atoms with Crippen LogP contribution in [0.25, 0.3) is 0 Å². The van der Waals surface area contributed by atoms with E-state index in [1.165, 1.54) is 0 Å². The molecule has 1 N–H and O–H groups in total. The highest BCUT2D eigenvalue weighted by atomic mass is 35.5. The molecular formula is C5H5ClN4OS. The van der Waals surface area contributed by atoms with Crippen LogP contribution in [0.3, 0.4) is 0 Å². The summed E-state index contributed by atoms with van der Waals surface area (Å²) >= 11 is 5.68. The topological polar surface area (TPSA) is 60.5 Å². The molecular weight excluding hydrogens is 200 g/mol. The maximum Gasteiger partial charge on any atom is 0.143 e. The van der Waals surface area contributed by atoms with Gasteiger partial charge in [0.2, 0.25) is 0 Å². The molecule has 0 aromatic heterocycles. The lowest BCUT2D eigenvalue weighted by atomic mass is 10.6. The quantitative estimate of drug-likeness (QED) is 0.604. The van der Waals surface area contributed by atoms with Crippen LogP contribution in [0, 0.1) is 0 Å². The number of hydrazone groups is 1. The zero-order chi connectivity index (χ0) is 8.72. The Labute approximate surface area is 76.1 Å². The first-order valence-corrected chi connectivity index (χ1v) is 4.69. The molecule has 2 heterocycles. The van der Waals surface area contributed by atoms with Crippen molar-refractivity contribution in [3.05, 3.63) is 11.2 Å². The molecule has 0 bridgehead atoms. The highest BCUT2D eigenvalue weighted by Crippen LogP contribution is 2.19. The molecule has 0 saturated carbocycles. The summed E-state index contributed by atoms with van der Waals surface area (Å²) in [6.45, 7) is 1.80. The molecule has 1 unspecified atom stereocenters. The lowest BCUT2D eigenvalue weighted by Crippen LogP contribution is -2.13. The fraction of sp³-hybridized carbons (Fsp3) is 0.200. The molecule has 0 radical (unpaired) electrons. The maximum absolute atomic E-state index is 8.92. The summed E-state index contributed by atoms with van der Waals surface area (Å²) in [5.74, 6) is 0. The Kier molecular flexibility index (Phi) is 1.75. The number of halogens is 1. The van der Waals surface area contributed by atoms with Crippen LogP contribution in [0.1, 0.15) is 6.92 Å². The number of hydrogen-bond donors (Lipinski definition) is 1. The summed E-state index contributed by atoms with van der Waals surface area (Å²) in [5, 5.41) is 15.0. The number of hydrogen-bond acceptors (Lipinski definition) is 5. The van der Waals surface area contributed by atoms with Gasteiger partial charge in [-0.25, -0.2) is 4.99 Å². The number of aliphatic imine (C=N–C) groups is 1. The van der Waals surface area contributed by atoms with Crippen molar-refractivity contribution >= 4 is 32.4 Å². The highest BCUT2D eigenvalue weighted by Gasteiger charge is 2.21. The second-order valence-electron chi connectivity index (χ2n) is 2.17. The maximum atomic E-state index is 8.92. The van der Waals surface area contributed by atoms with E-state index in [0.29, 0.717) is 15.5 Å². The third-order valence-corrected chi connectivity index (χ3v) is 3.08. The highest BCUT2D eigenvalue weighted by molar-refractivity contribution is 8.16. The van der Waals surface area contributed by atoms with Crippen molar-refractivity contribution in [3.8, 4) is 0 Å². The van der Waals surface area contributed by atoms with Crippen molar-refractivity contribution in [1.82, 2.24) is 5.28 Å². The van der Waals surface area contributed by atoms with Gasteiger partial charge in [-0.3, -0.25) is 5.21 Å². The molecule has 5 nitrogen and oxygen atoms in total. The molecule has 2 aliphatic rings. The van der Waals surface area contributed by atoms with Gasteiger partial charge in [-0.05, 0) is 12.2 Å². The largest absolute Gasteiger partial charge is 0.250 e. The Bertz CT molecular complexity index is 358. The molecule has 0 spiro atoms. The zero-order valence-electron chi connectivity index (χ0n) is 6.10. The predicted molar refractivity (Wildman–Crippen MR) is 47.9 cm³/mol. The van der Waals surface area contributed by atoms with Gasteiger partial charge in [0, 0.05) is 16.8 Å². The van der Waals surface area contributed by atoms with Crippen LogP contribution in [0.5, 0.6) is 0 Å². The third kappa shape index (κ3) is 1.17. The van der Waals surface area contributed by atoms with E-state index < -0.39 is 10.7 Å². The lowest BCUT2D eigenvalue weighted by molar-refractivity contribution is -0.0828. The zero-order valence-corrected chi connectivity index (χ0v) is 7.67. The minimum Gasteiger partial charge on any atom is -0.250 e. The van der Waals surface area contributed by atoms with Crippen LogP contribution >= 0.6 is 11.6 Å². The van der Waals surface area contributed by atoms with Crippen LogP contribution in [-0.4, -0.2) is 20.6 Å². The van der Waals surface area contributed by atoms with Crippen LogP contribution < -0.4 is 0 Å². The standard InChI is InChI=1S/C5H5ClN4OS/c1-3-7-4(6)2-5-8-10(11)9-12(3)5/h2,11H,1H3. The minimum absolute atomic E-state index is 0.375. The number of nitrogens with zero attached hydrogens (tertiary/aromatic N) is 4. The van der Waals surface area contributed by atoms with Gasteiger partial charge >= 0.3 is 0 Å². The van der Waals surface area contributed by atoms with E-state index in [4.69, 9.17) is 16.8 Å². The normalized spacial score (nSPS) is 27.1. The molecule has 2 aliphatic heterocycles. The van der Waals surface area contributed by atoms with Gasteiger partial charge in [0.1, 0.15) is 10.2 Å². The monoisotopic (exact) mass is 204 g/mol. The van der Waals surface area contributed by atoms with E-state index in [1.54, 1.807) is 13.0 Å². The first-order valence-electron chi connectivity index (χ1n) is 3.13. The summed E-state index contributed by atoms with van der Waals surface area (Å²) in [6.07, 6.45) is 1.59. The van der Waals surface area contributed by atoms with E-state index >= 15 is 0 Å². The first kappa shape index (κ1) is 7.90. The van der Waals surface area contributed by atoms with Gasteiger partial charge in [-0.1, -0.05) is 16.1 Å². The van der Waals surface area contributed by atoms with Crippen LogP contribution in [0.2, 0.25) is 0 Å². The van der Waals surface area contributed by atoms with Crippen molar-refractivity contribution in [2.24, 2.45) is 14.6 Å². The molecule has 7 heteroatoms. The van der Waals surface area contributed by atoms with Crippen molar-refractivity contribution in [2.75, 3.05) is 0 Å². The van der Waals surface area contributed by atoms with E-state index in [0.717, 1.165) is 5.04 Å². The van der Waals surface area contributed by atoms with Gasteiger partial charge in [-0.15, -0.1) is 5.10 Å². The molecule has 0 fully saturated rings. The molecule has 0 aliphatic carbocycles. The van der Waals surface area contributed by atoms with Crippen LogP contribution in [0.15, 0.2) is 25.8 Å². The van der Waals surface area contributed by atoms with Crippen LogP contribution in [0.4, 0.5) is 0 Å². The van der Waals surface area contributed by atoms with Gasteiger partial charge < -0.3 is 0 Å². The van der Waals surface area contributed by atoms with Crippen molar-refractivity contribution in [3.63, 3.8) is 0 Å². The van der Waals surface area contributed by atoms with Gasteiger partial charge in [-0.2, -0.15) is 0 Å². The fourth-order valence-electron chi connectivity index (χ4n) is 0.883. The lowest BCUT2D eigenvalue weighted by Gasteiger charge is -2.05. The second-order valence-corrected chi connectivity index (χ2v) is 4.30. The minimum atomic E-state index is -0.541. The molecule has 0 amide bonds. The Morgan fingerprint density at radius 2 is 2.42 bits per heavy atom. The summed E-state index contributed by atoms with van der Waals surface area (Å²) in [4.78, 5) is 4.00. The summed E-state index contributed by atoms with van der Waals surface area (Å²) in [7, 11) is -0.541. The van der Waals surface area contributed by atoms with Gasteiger partial charge in [0.25, 0.3) is 0 Å². The van der Waals surface area contributed by atoms with Gasteiger partial charge in [0.05, 0.1) is 5.04 Å². The first-order chi connectivity index (χ1) is 5.66. The average molecular weight is 205 g/mol. The van der Waals surface area contributed by atoms with Gasteiger partial charge in [0.15, 0.2) is 0 Å². The average Bonchev–Trinajstić information content (AvgIpc) is 2.29. The summed E-state index contributed by atoms with van der Waals surface area (Å²) < 4.78 is 3.80. The third-order valence-electron chi connectivity index (χ3n) is 1.33. The smallest absolute Gasteiger partial charge is 0.143 e. The SMILES string of the molecule is CC1=NC(Cl)=CC2=NN(O)N=S12. The van der Waals surface area contributed by atoms with Crippen molar-refractivity contribution < 1.29 is 5.21 Å². The molecule has 64 valence electrons. The van der Waals surface area contributed by atoms with E-state index in [-0.39, 0.29) is 0 Å². The Morgan fingerprint density at radius 3 is 3.17 bits per heavy atom.